The van der Waals surface area contributed by atoms with Crippen LogP contribution in [0.15, 0.2) is 0 Å². The van der Waals surface area contributed by atoms with Crippen LogP contribution in [-0.4, -0.2) is 24.5 Å². The Balaban J connectivity index is 1.73. The molecule has 1 saturated heterocycles. The average molecular weight is 252 g/mol. The molecule has 0 aromatic rings. The molecule has 0 radical (unpaired) electrons. The number of carbonyl (C=O) groups is 1. The molecule has 18 heavy (non-hydrogen) atoms. The number of hydrogen-bond acceptors (Lipinski definition) is 2. The summed E-state index contributed by atoms with van der Waals surface area (Å²) in [6.45, 7) is 3.27. The van der Waals surface area contributed by atoms with E-state index in [1.165, 1.54) is 44.9 Å². The van der Waals surface area contributed by atoms with E-state index in [-0.39, 0.29) is 5.91 Å². The van der Waals surface area contributed by atoms with E-state index in [1.54, 1.807) is 0 Å². The van der Waals surface area contributed by atoms with Gasteiger partial charge in [0.15, 0.2) is 0 Å². The molecule has 2 fully saturated rings. The summed E-state index contributed by atoms with van der Waals surface area (Å²) in [6.07, 6.45) is 10.9. The second-order valence-corrected chi connectivity index (χ2v) is 6.12. The standard InChI is InChI=1S/C15H28N2O/c1-12-14(9-6-10-16-12)17-15(18)11-13-7-4-2-3-5-8-13/h12-14,16H,2-11H2,1H3,(H,17,18). The maximum atomic E-state index is 12.1. The molecule has 1 aliphatic carbocycles. The highest BCUT2D eigenvalue weighted by Crippen LogP contribution is 2.25. The molecule has 1 aliphatic heterocycles. The topological polar surface area (TPSA) is 41.1 Å². The molecular weight excluding hydrogens is 224 g/mol. The van der Waals surface area contributed by atoms with Crippen LogP contribution in [0.2, 0.25) is 0 Å². The third-order valence-corrected chi connectivity index (χ3v) is 4.56. The van der Waals surface area contributed by atoms with Crippen molar-refractivity contribution in [2.45, 2.75) is 76.8 Å². The molecular formula is C15H28N2O. The Hall–Kier alpha value is -0.570. The van der Waals surface area contributed by atoms with Crippen LogP contribution in [0.1, 0.15) is 64.7 Å². The highest BCUT2D eigenvalue weighted by atomic mass is 16.1. The molecule has 0 bridgehead atoms. The SMILES string of the molecule is CC1NCCCC1NC(=O)CC1CCCCCC1. The number of piperidine rings is 1. The molecule has 2 aliphatic rings. The molecule has 0 spiro atoms. The minimum atomic E-state index is 0.280. The van der Waals surface area contributed by atoms with Crippen molar-refractivity contribution in [3.8, 4) is 0 Å². The summed E-state index contributed by atoms with van der Waals surface area (Å²) >= 11 is 0. The summed E-state index contributed by atoms with van der Waals surface area (Å²) in [6, 6.07) is 0.772. The molecule has 2 unspecified atom stereocenters. The van der Waals surface area contributed by atoms with Gasteiger partial charge in [-0.15, -0.1) is 0 Å². The summed E-state index contributed by atoms with van der Waals surface area (Å²) in [5, 5.41) is 6.67. The molecule has 2 atom stereocenters. The molecule has 2 N–H and O–H groups in total. The van der Waals surface area contributed by atoms with Crippen LogP contribution < -0.4 is 10.6 Å². The van der Waals surface area contributed by atoms with Crippen LogP contribution in [0.25, 0.3) is 0 Å². The van der Waals surface area contributed by atoms with Crippen LogP contribution in [-0.2, 0) is 4.79 Å². The molecule has 1 heterocycles. The Bertz CT molecular complexity index is 259. The lowest BCUT2D eigenvalue weighted by Crippen LogP contribution is -2.52. The van der Waals surface area contributed by atoms with E-state index >= 15 is 0 Å². The van der Waals surface area contributed by atoms with Crippen molar-refractivity contribution in [3.63, 3.8) is 0 Å². The van der Waals surface area contributed by atoms with Gasteiger partial charge in [-0.2, -0.15) is 0 Å². The summed E-state index contributed by atoms with van der Waals surface area (Å²) in [4.78, 5) is 12.1. The van der Waals surface area contributed by atoms with Gasteiger partial charge in [-0.25, -0.2) is 0 Å². The Kier molecular flexibility index (Phi) is 5.48. The van der Waals surface area contributed by atoms with E-state index in [2.05, 4.69) is 17.6 Å². The van der Waals surface area contributed by atoms with Crippen molar-refractivity contribution in [3.05, 3.63) is 0 Å². The van der Waals surface area contributed by atoms with Gasteiger partial charge in [0.25, 0.3) is 0 Å². The van der Waals surface area contributed by atoms with Gasteiger partial charge < -0.3 is 10.6 Å². The minimum absolute atomic E-state index is 0.280. The van der Waals surface area contributed by atoms with Crippen LogP contribution in [0, 0.1) is 5.92 Å². The number of amides is 1. The number of nitrogens with one attached hydrogen (secondary N) is 2. The zero-order valence-electron chi connectivity index (χ0n) is 11.7. The third kappa shape index (κ3) is 4.27. The predicted octanol–water partition coefficient (Wildman–Crippen LogP) is 2.60. The predicted molar refractivity (Wildman–Crippen MR) is 74.4 cm³/mol. The maximum absolute atomic E-state index is 12.1. The van der Waals surface area contributed by atoms with Gasteiger partial charge in [-0.05, 0) is 45.1 Å². The first-order valence-corrected chi connectivity index (χ1v) is 7.78. The quantitative estimate of drug-likeness (QED) is 0.758. The lowest BCUT2D eigenvalue weighted by Gasteiger charge is -2.31. The Labute approximate surface area is 111 Å². The smallest absolute Gasteiger partial charge is 0.220 e. The fraction of sp³-hybridized carbons (Fsp3) is 0.933. The first-order valence-electron chi connectivity index (χ1n) is 7.78. The summed E-state index contributed by atoms with van der Waals surface area (Å²) in [5.41, 5.74) is 0. The van der Waals surface area contributed by atoms with Crippen LogP contribution in [0.4, 0.5) is 0 Å². The minimum Gasteiger partial charge on any atom is -0.352 e. The van der Waals surface area contributed by atoms with Crippen molar-refractivity contribution in [2.75, 3.05) is 6.54 Å². The molecule has 104 valence electrons. The number of carbonyl (C=O) groups excluding carboxylic acids is 1. The normalized spacial score (nSPS) is 30.7. The van der Waals surface area contributed by atoms with Crippen LogP contribution >= 0.6 is 0 Å². The Morgan fingerprint density at radius 1 is 1.11 bits per heavy atom. The van der Waals surface area contributed by atoms with Crippen molar-refractivity contribution in [1.82, 2.24) is 10.6 Å². The van der Waals surface area contributed by atoms with E-state index < -0.39 is 0 Å². The lowest BCUT2D eigenvalue weighted by molar-refractivity contribution is -0.123. The first kappa shape index (κ1) is 13.9. The summed E-state index contributed by atoms with van der Waals surface area (Å²) in [7, 11) is 0. The molecule has 1 saturated carbocycles. The van der Waals surface area contributed by atoms with E-state index in [0.717, 1.165) is 19.4 Å². The fourth-order valence-corrected chi connectivity index (χ4v) is 3.34. The first-order chi connectivity index (χ1) is 8.75. The third-order valence-electron chi connectivity index (χ3n) is 4.56. The molecule has 3 nitrogen and oxygen atoms in total. The molecule has 0 aromatic carbocycles. The highest BCUT2D eigenvalue weighted by Gasteiger charge is 2.23. The van der Waals surface area contributed by atoms with Gasteiger partial charge in [0, 0.05) is 18.5 Å². The van der Waals surface area contributed by atoms with Crippen molar-refractivity contribution < 1.29 is 4.79 Å². The second-order valence-electron chi connectivity index (χ2n) is 6.12. The molecule has 0 aromatic heterocycles. The van der Waals surface area contributed by atoms with Gasteiger partial charge in [0.2, 0.25) is 5.91 Å². The van der Waals surface area contributed by atoms with Crippen LogP contribution in [0.3, 0.4) is 0 Å². The van der Waals surface area contributed by atoms with Gasteiger partial charge in [-0.3, -0.25) is 4.79 Å². The van der Waals surface area contributed by atoms with E-state index in [0.29, 0.717) is 18.0 Å². The Morgan fingerprint density at radius 3 is 2.50 bits per heavy atom. The van der Waals surface area contributed by atoms with Gasteiger partial charge in [0.1, 0.15) is 0 Å². The molecule has 3 heteroatoms. The average Bonchev–Trinajstić information content (AvgIpc) is 2.61. The number of rotatable bonds is 3. The highest BCUT2D eigenvalue weighted by molar-refractivity contribution is 5.76. The van der Waals surface area contributed by atoms with E-state index in [1.807, 2.05) is 0 Å². The monoisotopic (exact) mass is 252 g/mol. The van der Waals surface area contributed by atoms with Crippen molar-refractivity contribution in [2.24, 2.45) is 5.92 Å². The van der Waals surface area contributed by atoms with Gasteiger partial charge in [0.05, 0.1) is 0 Å². The second kappa shape index (κ2) is 7.13. The summed E-state index contributed by atoms with van der Waals surface area (Å²) in [5.74, 6) is 0.918. The van der Waals surface area contributed by atoms with Crippen molar-refractivity contribution >= 4 is 5.91 Å². The maximum Gasteiger partial charge on any atom is 0.220 e. The molecule has 2 rings (SSSR count). The fourth-order valence-electron chi connectivity index (χ4n) is 3.34. The van der Waals surface area contributed by atoms with E-state index in [9.17, 15) is 4.79 Å². The largest absolute Gasteiger partial charge is 0.352 e. The lowest BCUT2D eigenvalue weighted by atomic mass is 9.95. The van der Waals surface area contributed by atoms with Gasteiger partial charge >= 0.3 is 0 Å². The van der Waals surface area contributed by atoms with E-state index in [4.69, 9.17) is 0 Å². The summed E-state index contributed by atoms with van der Waals surface area (Å²) < 4.78 is 0. The number of hydrogen-bond donors (Lipinski definition) is 2. The molecule has 1 amide bonds. The zero-order chi connectivity index (χ0) is 12.8. The Morgan fingerprint density at radius 2 is 1.83 bits per heavy atom. The van der Waals surface area contributed by atoms with Gasteiger partial charge in [-0.1, -0.05) is 25.7 Å². The van der Waals surface area contributed by atoms with Crippen molar-refractivity contribution in [1.29, 1.82) is 0 Å². The van der Waals surface area contributed by atoms with Crippen LogP contribution in [0.5, 0.6) is 0 Å². The zero-order valence-corrected chi connectivity index (χ0v) is 11.7.